The number of hydrogen-bond donors (Lipinski definition) is 0. The summed E-state index contributed by atoms with van der Waals surface area (Å²) < 4.78 is 5.80. The van der Waals surface area contributed by atoms with Gasteiger partial charge in [-0.15, -0.1) is 10.2 Å². The quantitative estimate of drug-likeness (QED) is 0.645. The highest BCUT2D eigenvalue weighted by Gasteiger charge is 2.61. The summed E-state index contributed by atoms with van der Waals surface area (Å²) in [7, 11) is 0. The molecule has 0 radical (unpaired) electrons. The van der Waals surface area contributed by atoms with E-state index in [1.165, 1.54) is 22.3 Å². The van der Waals surface area contributed by atoms with Gasteiger partial charge < -0.3 is 9.32 Å². The van der Waals surface area contributed by atoms with Crippen molar-refractivity contribution in [1.82, 2.24) is 15.1 Å². The van der Waals surface area contributed by atoms with Gasteiger partial charge in [0.15, 0.2) is 0 Å². The summed E-state index contributed by atoms with van der Waals surface area (Å²) in [6.07, 6.45) is 5.07. The van der Waals surface area contributed by atoms with E-state index in [0.29, 0.717) is 18.3 Å². The summed E-state index contributed by atoms with van der Waals surface area (Å²) in [6, 6.07) is 16.9. The summed E-state index contributed by atoms with van der Waals surface area (Å²) >= 11 is 0. The van der Waals surface area contributed by atoms with Crippen molar-refractivity contribution in [2.75, 3.05) is 0 Å². The van der Waals surface area contributed by atoms with E-state index in [-0.39, 0.29) is 23.3 Å². The highest BCUT2D eigenvalue weighted by atomic mass is 16.4. The van der Waals surface area contributed by atoms with Gasteiger partial charge in [0.05, 0.1) is 0 Å². The Morgan fingerprint density at radius 2 is 1.83 bits per heavy atom. The Hall–Kier alpha value is -2.95. The van der Waals surface area contributed by atoms with Crippen LogP contribution in [0.1, 0.15) is 59.3 Å². The van der Waals surface area contributed by atoms with Crippen LogP contribution in [0.2, 0.25) is 0 Å². The number of aromatic nitrogens is 2. The van der Waals surface area contributed by atoms with Crippen LogP contribution >= 0.6 is 0 Å². The van der Waals surface area contributed by atoms with Crippen LogP contribution in [0.5, 0.6) is 0 Å². The number of rotatable bonds is 2. The lowest BCUT2D eigenvalue weighted by Gasteiger charge is -2.36. The number of hydrogen-bond acceptors (Lipinski definition) is 4. The molecule has 1 fully saturated rings. The number of amides is 1. The van der Waals surface area contributed by atoms with Crippen LogP contribution in [0.15, 0.2) is 52.9 Å². The fraction of sp³-hybridized carbons (Fsp3) is 0.400. The summed E-state index contributed by atoms with van der Waals surface area (Å²) in [5, 5.41) is 8.31. The highest BCUT2D eigenvalue weighted by Crippen LogP contribution is 2.61. The molecule has 3 unspecified atom stereocenters. The molecule has 1 saturated carbocycles. The van der Waals surface area contributed by atoms with Crippen LogP contribution in [0.3, 0.4) is 0 Å². The molecule has 0 bridgehead atoms. The summed E-state index contributed by atoms with van der Waals surface area (Å²) in [4.78, 5) is 15.9. The molecule has 0 N–H and O–H groups in total. The van der Waals surface area contributed by atoms with E-state index in [4.69, 9.17) is 4.42 Å². The van der Waals surface area contributed by atoms with Gasteiger partial charge in [0.25, 0.3) is 0 Å². The van der Waals surface area contributed by atoms with E-state index in [1.807, 2.05) is 4.90 Å². The van der Waals surface area contributed by atoms with E-state index in [9.17, 15) is 4.79 Å². The standard InChI is InChI=1S/C25H25N3O2/c1-16-26-27-23(30-16)22-13-18-8-2-3-9-19(18)15-28(22)24(29)21-14-25(21)12-6-10-17-7-4-5-11-20(17)25/h2-5,7-9,11,21-22H,6,10,12-15H2,1H3. The lowest BCUT2D eigenvalue weighted by atomic mass is 9.78. The topological polar surface area (TPSA) is 59.2 Å². The monoisotopic (exact) mass is 399 g/mol. The van der Waals surface area contributed by atoms with Gasteiger partial charge in [-0.2, -0.15) is 0 Å². The van der Waals surface area contributed by atoms with Crippen LogP contribution < -0.4 is 0 Å². The molecule has 2 aliphatic carbocycles. The Bertz CT molecular complexity index is 1140. The molecular weight excluding hydrogens is 374 g/mol. The minimum atomic E-state index is -0.190. The number of fused-ring (bicyclic) bond motifs is 3. The molecule has 2 heterocycles. The van der Waals surface area contributed by atoms with Gasteiger partial charge in [0.2, 0.25) is 17.7 Å². The summed E-state index contributed by atoms with van der Waals surface area (Å²) in [5.41, 5.74) is 5.33. The predicted molar refractivity (Wildman–Crippen MR) is 112 cm³/mol. The molecule has 0 saturated heterocycles. The molecule has 1 aromatic heterocycles. The van der Waals surface area contributed by atoms with Gasteiger partial charge in [-0.1, -0.05) is 48.5 Å². The maximum Gasteiger partial charge on any atom is 0.239 e. The predicted octanol–water partition coefficient (Wildman–Crippen LogP) is 4.30. The molecule has 2 aromatic carbocycles. The molecule has 3 atom stereocenters. The Morgan fingerprint density at radius 1 is 1.07 bits per heavy atom. The van der Waals surface area contributed by atoms with E-state index >= 15 is 0 Å². The van der Waals surface area contributed by atoms with E-state index in [0.717, 1.165) is 32.1 Å². The van der Waals surface area contributed by atoms with E-state index in [2.05, 4.69) is 58.7 Å². The number of aryl methyl sites for hydroxylation is 2. The van der Waals surface area contributed by atoms with Crippen molar-refractivity contribution < 1.29 is 9.21 Å². The Labute approximate surface area is 176 Å². The maximum atomic E-state index is 13.9. The van der Waals surface area contributed by atoms with Crippen molar-refractivity contribution in [1.29, 1.82) is 0 Å². The third kappa shape index (κ3) is 2.64. The molecule has 6 rings (SSSR count). The zero-order chi connectivity index (χ0) is 20.3. The molecule has 1 amide bonds. The van der Waals surface area contributed by atoms with Gasteiger partial charge in [-0.05, 0) is 47.9 Å². The van der Waals surface area contributed by atoms with Crippen molar-refractivity contribution >= 4 is 5.91 Å². The summed E-state index contributed by atoms with van der Waals surface area (Å²) in [6.45, 7) is 2.41. The first-order valence-corrected chi connectivity index (χ1v) is 10.9. The van der Waals surface area contributed by atoms with E-state index in [1.54, 1.807) is 6.92 Å². The number of benzene rings is 2. The molecule has 152 valence electrons. The Balaban J connectivity index is 1.35. The third-order valence-corrected chi connectivity index (χ3v) is 7.35. The Kier molecular flexibility index (Phi) is 3.89. The second-order valence-corrected chi connectivity index (χ2v) is 9.04. The molecule has 1 spiro atoms. The molecule has 3 aromatic rings. The first-order valence-electron chi connectivity index (χ1n) is 10.9. The van der Waals surface area contributed by atoms with Gasteiger partial charge >= 0.3 is 0 Å². The smallest absolute Gasteiger partial charge is 0.239 e. The van der Waals surface area contributed by atoms with Crippen LogP contribution in [0, 0.1) is 12.8 Å². The largest absolute Gasteiger partial charge is 0.423 e. The minimum Gasteiger partial charge on any atom is -0.423 e. The van der Waals surface area contributed by atoms with Gasteiger partial charge in [-0.25, -0.2) is 0 Å². The van der Waals surface area contributed by atoms with Gasteiger partial charge in [-0.3, -0.25) is 4.79 Å². The molecular formula is C25H25N3O2. The molecule has 3 aliphatic rings. The van der Waals surface area contributed by atoms with Crippen LogP contribution in [-0.4, -0.2) is 21.0 Å². The fourth-order valence-corrected chi connectivity index (χ4v) is 5.78. The SMILES string of the molecule is Cc1nnc(C2Cc3ccccc3CN2C(=O)C2CC23CCCc2ccccc23)o1. The summed E-state index contributed by atoms with van der Waals surface area (Å²) in [5.74, 6) is 1.38. The first kappa shape index (κ1) is 17.9. The van der Waals surface area contributed by atoms with Crippen molar-refractivity contribution in [3.8, 4) is 0 Å². The van der Waals surface area contributed by atoms with Crippen LogP contribution in [0.25, 0.3) is 0 Å². The zero-order valence-electron chi connectivity index (χ0n) is 17.2. The number of carbonyl (C=O) groups excluding carboxylic acids is 1. The maximum absolute atomic E-state index is 13.9. The normalized spacial score (nSPS) is 26.9. The van der Waals surface area contributed by atoms with Crippen molar-refractivity contribution in [3.63, 3.8) is 0 Å². The fourth-order valence-electron chi connectivity index (χ4n) is 5.78. The second-order valence-electron chi connectivity index (χ2n) is 9.04. The lowest BCUT2D eigenvalue weighted by molar-refractivity contribution is -0.137. The molecule has 30 heavy (non-hydrogen) atoms. The highest BCUT2D eigenvalue weighted by molar-refractivity contribution is 5.85. The van der Waals surface area contributed by atoms with Crippen molar-refractivity contribution in [3.05, 3.63) is 82.6 Å². The van der Waals surface area contributed by atoms with Crippen molar-refractivity contribution in [2.45, 2.75) is 57.0 Å². The van der Waals surface area contributed by atoms with Crippen molar-refractivity contribution in [2.24, 2.45) is 5.92 Å². The third-order valence-electron chi connectivity index (χ3n) is 7.35. The van der Waals surface area contributed by atoms with Crippen LogP contribution in [0.4, 0.5) is 0 Å². The lowest BCUT2D eigenvalue weighted by Crippen LogP contribution is -2.41. The average molecular weight is 399 g/mol. The van der Waals surface area contributed by atoms with Gasteiger partial charge in [0, 0.05) is 31.2 Å². The average Bonchev–Trinajstić information content (AvgIpc) is 3.32. The number of nitrogens with zero attached hydrogens (tertiary/aromatic N) is 3. The first-order chi connectivity index (χ1) is 14.7. The van der Waals surface area contributed by atoms with E-state index < -0.39 is 0 Å². The Morgan fingerprint density at radius 3 is 2.63 bits per heavy atom. The number of carbonyl (C=O) groups is 1. The molecule has 5 heteroatoms. The van der Waals surface area contributed by atoms with Crippen LogP contribution in [-0.2, 0) is 29.6 Å². The van der Waals surface area contributed by atoms with Gasteiger partial charge in [0.1, 0.15) is 6.04 Å². The minimum absolute atomic E-state index is 0.0260. The molecule has 1 aliphatic heterocycles. The zero-order valence-corrected chi connectivity index (χ0v) is 17.2. The molecule has 5 nitrogen and oxygen atoms in total. The second kappa shape index (κ2) is 6.53.